The monoisotopic (exact) mass is 410 g/mol. The molecule has 0 amide bonds. The number of halogens is 3. The Labute approximate surface area is 170 Å². The van der Waals surface area contributed by atoms with Gasteiger partial charge in [-0.1, -0.05) is 18.2 Å². The Morgan fingerprint density at radius 3 is 2.40 bits per heavy atom. The van der Waals surface area contributed by atoms with Gasteiger partial charge in [-0.25, -0.2) is 17.9 Å². The number of benzene rings is 2. The third kappa shape index (κ3) is 3.08. The van der Waals surface area contributed by atoms with E-state index in [1.54, 1.807) is 19.1 Å². The summed E-state index contributed by atoms with van der Waals surface area (Å²) in [6, 6.07) is 8.53. The first-order chi connectivity index (χ1) is 14.4. The van der Waals surface area contributed by atoms with Crippen molar-refractivity contribution in [3.8, 4) is 0 Å². The van der Waals surface area contributed by atoms with Crippen LogP contribution in [-0.2, 0) is 4.79 Å². The number of carbonyl (C=O) groups excluding carboxylic acids is 1. The quantitative estimate of drug-likeness (QED) is 0.685. The number of ketones is 1. The molecule has 0 spiro atoms. The van der Waals surface area contributed by atoms with Crippen LogP contribution < -0.4 is 5.32 Å². The molecule has 1 N–H and O–H groups in total. The van der Waals surface area contributed by atoms with Gasteiger partial charge in [-0.15, -0.1) is 0 Å². The van der Waals surface area contributed by atoms with Gasteiger partial charge < -0.3 is 5.32 Å². The molecule has 1 aromatic heterocycles. The van der Waals surface area contributed by atoms with Crippen LogP contribution in [0.5, 0.6) is 0 Å². The van der Waals surface area contributed by atoms with Gasteiger partial charge in [0.1, 0.15) is 29.1 Å². The SMILES string of the molecule is Cc1nc2n(n1)[C@@H](c1cc(F)cc(F)c1)[C@@H]1C(=O)C[C@@H](c3ccc(F)cc3)C=C1N2. The maximum atomic E-state index is 14.0. The number of carbonyl (C=O) groups is 1. The van der Waals surface area contributed by atoms with E-state index in [2.05, 4.69) is 15.4 Å². The van der Waals surface area contributed by atoms with Crippen LogP contribution in [0.1, 0.15) is 35.3 Å². The van der Waals surface area contributed by atoms with Gasteiger partial charge in [0.15, 0.2) is 0 Å². The molecule has 8 heteroatoms. The summed E-state index contributed by atoms with van der Waals surface area (Å²) in [6.45, 7) is 1.71. The lowest BCUT2D eigenvalue weighted by Crippen LogP contribution is -2.40. The van der Waals surface area contributed by atoms with E-state index in [1.807, 2.05) is 6.08 Å². The number of aromatic nitrogens is 3. The van der Waals surface area contributed by atoms with E-state index in [4.69, 9.17) is 0 Å². The van der Waals surface area contributed by atoms with Crippen molar-refractivity contribution in [1.82, 2.24) is 14.8 Å². The maximum Gasteiger partial charge on any atom is 0.226 e. The molecule has 152 valence electrons. The lowest BCUT2D eigenvalue weighted by molar-refractivity contribution is -0.123. The Bertz CT molecular complexity index is 1170. The third-order valence-corrected chi connectivity index (χ3v) is 5.58. The number of aryl methyl sites for hydroxylation is 1. The van der Waals surface area contributed by atoms with Crippen LogP contribution in [0.4, 0.5) is 19.1 Å². The van der Waals surface area contributed by atoms with Gasteiger partial charge in [-0.2, -0.15) is 10.1 Å². The van der Waals surface area contributed by atoms with Crippen molar-refractivity contribution in [3.63, 3.8) is 0 Å². The second-order valence-corrected chi connectivity index (χ2v) is 7.63. The average Bonchev–Trinajstić information content (AvgIpc) is 3.05. The van der Waals surface area contributed by atoms with Gasteiger partial charge in [0, 0.05) is 24.1 Å². The Hall–Kier alpha value is -3.42. The van der Waals surface area contributed by atoms with E-state index in [0.717, 1.165) is 11.6 Å². The number of hydrogen-bond acceptors (Lipinski definition) is 4. The minimum absolute atomic E-state index is 0.0946. The molecule has 1 aliphatic heterocycles. The number of allylic oxidation sites excluding steroid dienone is 2. The van der Waals surface area contributed by atoms with Crippen LogP contribution in [0.25, 0.3) is 0 Å². The molecular weight excluding hydrogens is 393 g/mol. The van der Waals surface area contributed by atoms with Crippen LogP contribution in [-0.4, -0.2) is 20.5 Å². The smallest absolute Gasteiger partial charge is 0.226 e. The van der Waals surface area contributed by atoms with E-state index >= 15 is 0 Å². The molecule has 5 rings (SSSR count). The lowest BCUT2D eigenvalue weighted by Gasteiger charge is -2.38. The summed E-state index contributed by atoms with van der Waals surface area (Å²) < 4.78 is 42.8. The average molecular weight is 410 g/mol. The minimum atomic E-state index is -0.722. The first-order valence-electron chi connectivity index (χ1n) is 9.55. The standard InChI is InChI=1S/C22H17F3N4O/c1-11-26-22-27-18-8-13(12-2-4-15(23)5-3-12)9-19(30)20(18)21(29(22)28-11)14-6-16(24)10-17(25)7-14/h2-8,10,13,20-21H,9H2,1H3,(H,26,27,28)/t13-,20-,21-/m0/s1. The molecule has 2 aliphatic rings. The van der Waals surface area contributed by atoms with Gasteiger partial charge in [0.2, 0.25) is 5.95 Å². The molecule has 3 aromatic rings. The summed E-state index contributed by atoms with van der Waals surface area (Å²) in [5.41, 5.74) is 1.73. The van der Waals surface area contributed by atoms with E-state index in [-0.39, 0.29) is 23.9 Å². The zero-order valence-electron chi connectivity index (χ0n) is 15.9. The predicted molar refractivity (Wildman–Crippen MR) is 103 cm³/mol. The molecule has 30 heavy (non-hydrogen) atoms. The van der Waals surface area contributed by atoms with Crippen LogP contribution in [0, 0.1) is 30.3 Å². The highest BCUT2D eigenvalue weighted by molar-refractivity contribution is 5.88. The fourth-order valence-electron chi connectivity index (χ4n) is 4.35. The molecule has 2 aromatic carbocycles. The number of rotatable bonds is 2. The number of anilines is 1. The van der Waals surface area contributed by atoms with Crippen molar-refractivity contribution in [2.24, 2.45) is 5.92 Å². The minimum Gasteiger partial charge on any atom is -0.328 e. The van der Waals surface area contributed by atoms with Crippen molar-refractivity contribution in [1.29, 1.82) is 0 Å². The Morgan fingerprint density at radius 2 is 1.70 bits per heavy atom. The summed E-state index contributed by atoms with van der Waals surface area (Å²) in [5, 5.41) is 7.52. The number of hydrogen-bond donors (Lipinski definition) is 1. The zero-order valence-corrected chi connectivity index (χ0v) is 15.9. The lowest BCUT2D eigenvalue weighted by atomic mass is 9.75. The van der Waals surface area contributed by atoms with Gasteiger partial charge >= 0.3 is 0 Å². The fourth-order valence-corrected chi connectivity index (χ4v) is 4.35. The largest absolute Gasteiger partial charge is 0.328 e. The molecule has 2 heterocycles. The third-order valence-electron chi connectivity index (χ3n) is 5.58. The van der Waals surface area contributed by atoms with E-state index in [1.165, 1.54) is 28.9 Å². The second-order valence-electron chi connectivity index (χ2n) is 7.63. The Morgan fingerprint density at radius 1 is 1.00 bits per heavy atom. The molecule has 1 aliphatic carbocycles. The van der Waals surface area contributed by atoms with Gasteiger partial charge in [-0.05, 0) is 42.3 Å². The molecule has 0 fully saturated rings. The van der Waals surface area contributed by atoms with Crippen LogP contribution in [0.15, 0.2) is 54.2 Å². The van der Waals surface area contributed by atoms with Crippen molar-refractivity contribution < 1.29 is 18.0 Å². The Kier molecular flexibility index (Phi) is 4.23. The van der Waals surface area contributed by atoms with Gasteiger partial charge in [-0.3, -0.25) is 4.79 Å². The van der Waals surface area contributed by atoms with Crippen LogP contribution in [0.2, 0.25) is 0 Å². The molecule has 0 saturated carbocycles. The summed E-state index contributed by atoms with van der Waals surface area (Å²) in [4.78, 5) is 17.6. The summed E-state index contributed by atoms with van der Waals surface area (Å²) >= 11 is 0. The summed E-state index contributed by atoms with van der Waals surface area (Å²) in [5.74, 6) is -1.94. The van der Waals surface area contributed by atoms with E-state index in [0.29, 0.717) is 23.0 Å². The normalized spacial score (nSPS) is 22.7. The van der Waals surface area contributed by atoms with Crippen molar-refractivity contribution in [3.05, 3.63) is 88.6 Å². The number of Topliss-reactive ketones (excluding diaryl/α,β-unsaturated/α-hetero) is 1. The van der Waals surface area contributed by atoms with Crippen molar-refractivity contribution in [2.75, 3.05) is 5.32 Å². The molecule has 0 bridgehead atoms. The molecule has 0 unspecified atom stereocenters. The predicted octanol–water partition coefficient (Wildman–Crippen LogP) is 4.28. The Balaban J connectivity index is 1.64. The highest BCUT2D eigenvalue weighted by atomic mass is 19.1. The van der Waals surface area contributed by atoms with Crippen molar-refractivity contribution >= 4 is 11.7 Å². The second kappa shape index (κ2) is 6.83. The van der Waals surface area contributed by atoms with Gasteiger partial charge in [0.05, 0.1) is 12.0 Å². The first kappa shape index (κ1) is 18.6. The number of nitrogens with zero attached hydrogens (tertiary/aromatic N) is 3. The summed E-state index contributed by atoms with van der Waals surface area (Å²) in [6.07, 6.45) is 2.11. The fraction of sp³-hybridized carbons (Fsp3) is 0.227. The molecular formula is C22H17F3N4O. The number of nitrogens with one attached hydrogen (secondary N) is 1. The van der Waals surface area contributed by atoms with Gasteiger partial charge in [0.25, 0.3) is 0 Å². The molecule has 3 atom stereocenters. The molecule has 5 nitrogen and oxygen atoms in total. The summed E-state index contributed by atoms with van der Waals surface area (Å²) in [7, 11) is 0. The highest BCUT2D eigenvalue weighted by Crippen LogP contribution is 2.44. The van der Waals surface area contributed by atoms with Crippen LogP contribution >= 0.6 is 0 Å². The highest BCUT2D eigenvalue weighted by Gasteiger charge is 2.43. The van der Waals surface area contributed by atoms with E-state index < -0.39 is 23.6 Å². The topological polar surface area (TPSA) is 59.8 Å². The molecule has 0 saturated heterocycles. The number of fused-ring (bicyclic) bond motifs is 2. The van der Waals surface area contributed by atoms with Crippen molar-refractivity contribution in [2.45, 2.75) is 25.3 Å². The van der Waals surface area contributed by atoms with E-state index in [9.17, 15) is 18.0 Å². The van der Waals surface area contributed by atoms with Crippen LogP contribution in [0.3, 0.4) is 0 Å². The zero-order chi connectivity index (χ0) is 21.0. The first-order valence-corrected chi connectivity index (χ1v) is 9.55. The maximum absolute atomic E-state index is 14.0. The molecule has 0 radical (unpaired) electrons.